The van der Waals surface area contributed by atoms with Crippen molar-refractivity contribution in [1.29, 1.82) is 5.41 Å². The molecule has 50 heavy (non-hydrogen) atoms. The summed E-state index contributed by atoms with van der Waals surface area (Å²) >= 11 is 1.40. The highest BCUT2D eigenvalue weighted by molar-refractivity contribution is 7.18. The van der Waals surface area contributed by atoms with Gasteiger partial charge in [0.05, 0.1) is 42.8 Å². The average Bonchev–Trinajstić information content (AvgIpc) is 3.78. The number of aromatic nitrogens is 3. The molecule has 2 bridgehead atoms. The molecule has 1 unspecified atom stereocenters. The van der Waals surface area contributed by atoms with E-state index in [1.807, 2.05) is 53.4 Å². The Labute approximate surface area is 291 Å². The molecule has 0 saturated heterocycles. The van der Waals surface area contributed by atoms with Crippen LogP contribution in [0, 0.1) is 17.0 Å². The first-order chi connectivity index (χ1) is 24.3. The van der Waals surface area contributed by atoms with Crippen LogP contribution in [-0.4, -0.2) is 71.7 Å². The number of anilines is 2. The van der Waals surface area contributed by atoms with Crippen molar-refractivity contribution in [2.24, 2.45) is 0 Å². The summed E-state index contributed by atoms with van der Waals surface area (Å²) in [6, 6.07) is 9.35. The van der Waals surface area contributed by atoms with Gasteiger partial charge < -0.3 is 30.4 Å². The van der Waals surface area contributed by atoms with Crippen molar-refractivity contribution < 1.29 is 23.0 Å². The maximum Gasteiger partial charge on any atom is 0.246 e. The van der Waals surface area contributed by atoms with Crippen molar-refractivity contribution in [2.75, 3.05) is 50.6 Å². The highest BCUT2D eigenvalue weighted by atomic mass is 32.1. The van der Waals surface area contributed by atoms with Gasteiger partial charge in [-0.15, -0.1) is 11.3 Å². The fraction of sp³-hybridized carbons (Fsp3) is 0.243. The molecule has 13 heteroatoms. The van der Waals surface area contributed by atoms with Crippen LogP contribution in [0.25, 0.3) is 43.9 Å². The first-order valence-corrected chi connectivity index (χ1v) is 17.1. The van der Waals surface area contributed by atoms with Crippen molar-refractivity contribution in [3.05, 3.63) is 89.5 Å². The summed E-state index contributed by atoms with van der Waals surface area (Å²) < 4.78 is 45.4. The summed E-state index contributed by atoms with van der Waals surface area (Å²) in [5.74, 6) is -1.75. The molecule has 3 N–H and O–H groups in total. The molecule has 2 aromatic carbocycles. The van der Waals surface area contributed by atoms with E-state index in [9.17, 15) is 9.18 Å². The largest absolute Gasteiger partial charge is 0.490 e. The van der Waals surface area contributed by atoms with Crippen LogP contribution in [0.3, 0.4) is 0 Å². The van der Waals surface area contributed by atoms with Gasteiger partial charge in [-0.2, -0.15) is 5.10 Å². The molecule has 256 valence electrons. The van der Waals surface area contributed by atoms with E-state index in [4.69, 9.17) is 25.0 Å². The predicted octanol–water partition coefficient (Wildman–Crippen LogP) is 7.28. The number of benzene rings is 2. The number of carbonyl (C=O) groups is 1. The minimum atomic E-state index is -0.806. The summed E-state index contributed by atoms with van der Waals surface area (Å²) in [7, 11) is 1.80. The van der Waals surface area contributed by atoms with Gasteiger partial charge in [0.2, 0.25) is 5.91 Å². The van der Waals surface area contributed by atoms with Gasteiger partial charge in [-0.3, -0.25) is 9.48 Å². The number of nitrogens with zero attached hydrogens (tertiary/aromatic N) is 4. The third-order valence-electron chi connectivity index (χ3n) is 8.98. The summed E-state index contributed by atoms with van der Waals surface area (Å²) in [6.45, 7) is 7.53. The van der Waals surface area contributed by atoms with Crippen LogP contribution >= 0.6 is 11.3 Å². The summed E-state index contributed by atoms with van der Waals surface area (Å²) in [5.41, 5.74) is 5.57. The van der Waals surface area contributed by atoms with E-state index in [-0.39, 0.29) is 36.5 Å². The Hall–Kier alpha value is -5.40. The molecule has 7 rings (SSSR count). The smallest absolute Gasteiger partial charge is 0.246 e. The van der Waals surface area contributed by atoms with Crippen molar-refractivity contribution in [1.82, 2.24) is 19.7 Å². The second-order valence-electron chi connectivity index (χ2n) is 11.9. The van der Waals surface area contributed by atoms with Gasteiger partial charge in [-0.1, -0.05) is 18.7 Å². The van der Waals surface area contributed by atoms with Crippen LogP contribution in [0.15, 0.2) is 66.6 Å². The number of pyridine rings is 1. The molecule has 0 fully saturated rings. The lowest BCUT2D eigenvalue weighted by molar-refractivity contribution is -0.129. The van der Waals surface area contributed by atoms with Gasteiger partial charge in [-0.05, 0) is 42.6 Å². The highest BCUT2D eigenvalue weighted by Gasteiger charge is 2.32. The molecule has 10 nitrogen and oxygen atoms in total. The number of rotatable bonds is 4. The molecule has 1 atom stereocenters. The molecule has 0 saturated carbocycles. The van der Waals surface area contributed by atoms with E-state index in [2.05, 4.69) is 17.2 Å². The Bertz CT molecular complexity index is 2180. The van der Waals surface area contributed by atoms with E-state index in [1.165, 1.54) is 29.7 Å². The lowest BCUT2D eigenvalue weighted by Crippen LogP contribution is -2.40. The van der Waals surface area contributed by atoms with E-state index in [1.54, 1.807) is 11.9 Å². The highest BCUT2D eigenvalue weighted by Crippen LogP contribution is 2.48. The number of fused-ring (bicyclic) bond motifs is 5. The zero-order valence-electron chi connectivity index (χ0n) is 27.6. The van der Waals surface area contributed by atoms with Crippen LogP contribution in [0.5, 0.6) is 5.75 Å². The first-order valence-electron chi connectivity index (χ1n) is 16.2. The number of amides is 1. The Balaban J connectivity index is 1.55. The number of hydrogen-bond acceptors (Lipinski definition) is 9. The van der Waals surface area contributed by atoms with E-state index in [0.717, 1.165) is 34.1 Å². The van der Waals surface area contributed by atoms with E-state index in [0.29, 0.717) is 59.1 Å². The number of ether oxygens (including phenoxy) is 2. The van der Waals surface area contributed by atoms with Gasteiger partial charge in [0.15, 0.2) is 0 Å². The fourth-order valence-electron chi connectivity index (χ4n) is 6.57. The Morgan fingerprint density at radius 2 is 2.00 bits per heavy atom. The normalized spacial score (nSPS) is 16.7. The van der Waals surface area contributed by atoms with Gasteiger partial charge >= 0.3 is 0 Å². The van der Waals surface area contributed by atoms with E-state index >= 15 is 4.39 Å². The maximum absolute atomic E-state index is 16.3. The number of carbonyl (C=O) groups excluding carboxylic acids is 1. The zero-order valence-corrected chi connectivity index (χ0v) is 28.4. The molecular weight excluding hydrogens is 661 g/mol. The molecule has 1 amide bonds. The number of hydrogen-bond donors (Lipinski definition) is 3. The van der Waals surface area contributed by atoms with E-state index < -0.39 is 11.6 Å². The topological polar surface area (TPSA) is 117 Å². The summed E-state index contributed by atoms with van der Waals surface area (Å²) in [4.78, 5) is 19.7. The van der Waals surface area contributed by atoms with Gasteiger partial charge in [0.1, 0.15) is 35.4 Å². The van der Waals surface area contributed by atoms with Crippen LogP contribution in [0.4, 0.5) is 20.2 Å². The molecule has 0 radical (unpaired) electrons. The maximum atomic E-state index is 16.3. The van der Waals surface area contributed by atoms with Crippen LogP contribution in [0.2, 0.25) is 0 Å². The van der Waals surface area contributed by atoms with Crippen molar-refractivity contribution in [3.63, 3.8) is 0 Å². The second-order valence-corrected chi connectivity index (χ2v) is 12.8. The van der Waals surface area contributed by atoms with Gasteiger partial charge in [0.25, 0.3) is 0 Å². The molecule has 5 heterocycles. The molecule has 0 spiro atoms. The average molecular weight is 696 g/mol. The molecule has 2 aliphatic heterocycles. The monoisotopic (exact) mass is 695 g/mol. The lowest BCUT2D eigenvalue weighted by Gasteiger charge is -2.33. The molecular formula is C37H35F2N7O3S. The minimum Gasteiger partial charge on any atom is -0.490 e. The summed E-state index contributed by atoms with van der Waals surface area (Å²) in [6.07, 6.45) is 6.42. The Morgan fingerprint density at radius 1 is 1.14 bits per heavy atom. The minimum absolute atomic E-state index is 0.0170. The second kappa shape index (κ2) is 13.8. The van der Waals surface area contributed by atoms with Crippen molar-refractivity contribution in [3.8, 4) is 39.5 Å². The Morgan fingerprint density at radius 3 is 2.80 bits per heavy atom. The van der Waals surface area contributed by atoms with Crippen molar-refractivity contribution in [2.45, 2.75) is 19.5 Å². The molecule has 0 aliphatic carbocycles. The Kier molecular flexibility index (Phi) is 9.17. The molecule has 2 aliphatic rings. The van der Waals surface area contributed by atoms with Crippen LogP contribution in [0.1, 0.15) is 24.2 Å². The number of nitrogens with one attached hydrogen (secondary N) is 3. The first kappa shape index (κ1) is 33.1. The number of halogens is 2. The standard InChI is InChI=1S/C37H35F2N7O3S/c1-4-32(47)45-9-10-46-30(21(45)2)19-29(44-46)36-34-33-26(39)16-23(38)17-31(33)49-13-12-48-11-6-5-8-42-28-18-27(41-3)22(20-40)15-25(28)35(43-36)24-7-14-50-37(24)34/h4-7,14-21,40-42H,1,8-13H2,2-3H3/b6-5+,40-20?. The fourth-order valence-corrected chi connectivity index (χ4v) is 7.52. The molecule has 3 aromatic heterocycles. The quantitative estimate of drug-likeness (QED) is 0.103. The van der Waals surface area contributed by atoms with Crippen molar-refractivity contribution >= 4 is 44.9 Å². The lowest BCUT2D eigenvalue weighted by atomic mass is 9.95. The number of thiophene rings is 1. The SMILES string of the molecule is C=CC(=O)N1CCn2nc(-c3nc4c5ccsc5c3-c3c(F)cc(F)cc3OCCOC/C=C/CNc3cc(NC)c(C=N)cc3-4)cc2C1C. The zero-order chi connectivity index (χ0) is 34.9. The predicted molar refractivity (Wildman–Crippen MR) is 193 cm³/mol. The van der Waals surface area contributed by atoms with Crippen LogP contribution < -0.4 is 15.4 Å². The van der Waals surface area contributed by atoms with Gasteiger partial charge in [0, 0.05) is 76.6 Å². The van der Waals surface area contributed by atoms with Gasteiger partial charge in [-0.25, -0.2) is 13.8 Å². The molecule has 5 aromatic rings. The third-order valence-corrected chi connectivity index (χ3v) is 9.91. The summed E-state index contributed by atoms with van der Waals surface area (Å²) in [5, 5.41) is 22.5. The van der Waals surface area contributed by atoms with Crippen LogP contribution in [-0.2, 0) is 16.1 Å². The third kappa shape index (κ3) is 5.92.